The predicted molar refractivity (Wildman–Crippen MR) is 60.3 cm³/mol. The maximum atomic E-state index is 5.38. The summed E-state index contributed by atoms with van der Waals surface area (Å²) in [6.07, 6.45) is 10.8. The third kappa shape index (κ3) is 1.91. The SMILES string of the molecule is C#CC(C)NC1CCCc2c1cnn2C. The van der Waals surface area contributed by atoms with Crippen molar-refractivity contribution in [1.29, 1.82) is 0 Å². The van der Waals surface area contributed by atoms with Gasteiger partial charge in [-0.1, -0.05) is 5.92 Å². The average molecular weight is 203 g/mol. The molecule has 1 heterocycles. The number of nitrogens with zero attached hydrogens (tertiary/aromatic N) is 2. The molecule has 0 fully saturated rings. The zero-order valence-electron chi connectivity index (χ0n) is 9.33. The van der Waals surface area contributed by atoms with Crippen molar-refractivity contribution in [3.63, 3.8) is 0 Å². The van der Waals surface area contributed by atoms with Crippen LogP contribution < -0.4 is 5.32 Å². The van der Waals surface area contributed by atoms with Crippen molar-refractivity contribution in [1.82, 2.24) is 15.1 Å². The van der Waals surface area contributed by atoms with Crippen molar-refractivity contribution in [2.24, 2.45) is 7.05 Å². The molecule has 1 N–H and O–H groups in total. The maximum absolute atomic E-state index is 5.38. The van der Waals surface area contributed by atoms with Gasteiger partial charge in [0.2, 0.25) is 0 Å². The summed E-state index contributed by atoms with van der Waals surface area (Å²) in [5.74, 6) is 2.71. The summed E-state index contributed by atoms with van der Waals surface area (Å²) in [7, 11) is 2.01. The standard InChI is InChI=1S/C12H17N3/c1-4-9(2)14-11-6-5-7-12-10(11)8-13-15(12)3/h1,8-9,11,14H,5-7H2,2-3H3. The molecule has 0 aliphatic heterocycles. The van der Waals surface area contributed by atoms with Gasteiger partial charge in [0, 0.05) is 24.3 Å². The van der Waals surface area contributed by atoms with E-state index in [1.807, 2.05) is 24.9 Å². The van der Waals surface area contributed by atoms with Gasteiger partial charge in [0.25, 0.3) is 0 Å². The molecule has 0 spiro atoms. The van der Waals surface area contributed by atoms with Gasteiger partial charge in [-0.25, -0.2) is 0 Å². The van der Waals surface area contributed by atoms with E-state index in [0.717, 1.165) is 12.8 Å². The van der Waals surface area contributed by atoms with Crippen LogP contribution in [-0.4, -0.2) is 15.8 Å². The summed E-state index contributed by atoms with van der Waals surface area (Å²) in [5.41, 5.74) is 2.67. The Kier molecular flexibility index (Phi) is 2.79. The lowest BCUT2D eigenvalue weighted by molar-refractivity contribution is 0.439. The Morgan fingerprint density at radius 3 is 3.27 bits per heavy atom. The second-order valence-electron chi connectivity index (χ2n) is 4.17. The highest BCUT2D eigenvalue weighted by atomic mass is 15.3. The first-order valence-electron chi connectivity index (χ1n) is 5.45. The van der Waals surface area contributed by atoms with Gasteiger partial charge >= 0.3 is 0 Å². The van der Waals surface area contributed by atoms with Gasteiger partial charge in [-0.15, -0.1) is 6.42 Å². The van der Waals surface area contributed by atoms with Gasteiger partial charge in [0.05, 0.1) is 12.2 Å². The minimum Gasteiger partial charge on any atom is -0.297 e. The molecular weight excluding hydrogens is 186 g/mol. The molecule has 0 aromatic carbocycles. The molecule has 3 nitrogen and oxygen atoms in total. The molecule has 1 aromatic heterocycles. The minimum absolute atomic E-state index is 0.126. The zero-order chi connectivity index (χ0) is 10.8. The molecule has 0 saturated carbocycles. The lowest BCUT2D eigenvalue weighted by Gasteiger charge is -2.25. The summed E-state index contributed by atoms with van der Waals surface area (Å²) in [5, 5.41) is 7.76. The van der Waals surface area contributed by atoms with Crippen molar-refractivity contribution < 1.29 is 0 Å². The van der Waals surface area contributed by atoms with E-state index >= 15 is 0 Å². The summed E-state index contributed by atoms with van der Waals surface area (Å²) >= 11 is 0. The molecule has 0 bridgehead atoms. The molecule has 80 valence electrons. The van der Waals surface area contributed by atoms with E-state index in [1.54, 1.807) is 0 Å². The van der Waals surface area contributed by atoms with E-state index in [1.165, 1.54) is 17.7 Å². The lowest BCUT2D eigenvalue weighted by Crippen LogP contribution is -2.31. The van der Waals surface area contributed by atoms with Crippen LogP contribution in [0.15, 0.2) is 6.20 Å². The Hall–Kier alpha value is -1.27. The molecule has 1 aliphatic carbocycles. The first-order valence-corrected chi connectivity index (χ1v) is 5.45. The van der Waals surface area contributed by atoms with E-state index in [0.29, 0.717) is 6.04 Å². The second-order valence-corrected chi connectivity index (χ2v) is 4.17. The van der Waals surface area contributed by atoms with Gasteiger partial charge in [-0.05, 0) is 26.2 Å². The molecule has 2 rings (SSSR count). The first kappa shape index (κ1) is 10.3. The van der Waals surface area contributed by atoms with Gasteiger partial charge in [0.1, 0.15) is 0 Å². The van der Waals surface area contributed by atoms with Crippen molar-refractivity contribution in [3.8, 4) is 12.3 Å². The van der Waals surface area contributed by atoms with Crippen LogP contribution in [0.3, 0.4) is 0 Å². The quantitative estimate of drug-likeness (QED) is 0.736. The normalized spacial score (nSPS) is 21.8. The lowest BCUT2D eigenvalue weighted by atomic mass is 9.92. The molecule has 2 atom stereocenters. The van der Waals surface area contributed by atoms with Crippen LogP contribution in [0.5, 0.6) is 0 Å². The number of nitrogens with one attached hydrogen (secondary N) is 1. The van der Waals surface area contributed by atoms with Crippen LogP contribution in [0.25, 0.3) is 0 Å². The summed E-state index contributed by atoms with van der Waals surface area (Å²) in [4.78, 5) is 0. The number of fused-ring (bicyclic) bond motifs is 1. The van der Waals surface area contributed by atoms with Crippen LogP contribution in [0, 0.1) is 12.3 Å². The Labute approximate surface area is 90.9 Å². The average Bonchev–Trinajstić information content (AvgIpc) is 2.62. The van der Waals surface area contributed by atoms with Crippen LogP contribution in [0.1, 0.15) is 37.1 Å². The first-order chi connectivity index (χ1) is 7.22. The molecule has 2 unspecified atom stereocenters. The Morgan fingerprint density at radius 2 is 2.53 bits per heavy atom. The van der Waals surface area contributed by atoms with E-state index in [9.17, 15) is 0 Å². The molecule has 1 aliphatic rings. The third-order valence-corrected chi connectivity index (χ3v) is 3.08. The number of rotatable bonds is 2. The molecule has 0 saturated heterocycles. The Morgan fingerprint density at radius 1 is 1.73 bits per heavy atom. The number of terminal acetylenes is 1. The van der Waals surface area contributed by atoms with E-state index in [4.69, 9.17) is 6.42 Å². The molecular formula is C12H17N3. The fourth-order valence-corrected chi connectivity index (χ4v) is 2.23. The number of hydrogen-bond acceptors (Lipinski definition) is 2. The predicted octanol–water partition coefficient (Wildman–Crippen LogP) is 1.41. The van der Waals surface area contributed by atoms with Gasteiger partial charge in [0.15, 0.2) is 0 Å². The van der Waals surface area contributed by atoms with Crippen LogP contribution in [0.4, 0.5) is 0 Å². The van der Waals surface area contributed by atoms with Crippen LogP contribution in [-0.2, 0) is 13.5 Å². The third-order valence-electron chi connectivity index (χ3n) is 3.08. The largest absolute Gasteiger partial charge is 0.297 e. The van der Waals surface area contributed by atoms with Gasteiger partial charge in [-0.2, -0.15) is 5.10 Å². The van der Waals surface area contributed by atoms with Crippen molar-refractivity contribution >= 4 is 0 Å². The van der Waals surface area contributed by atoms with E-state index in [2.05, 4.69) is 16.3 Å². The highest BCUT2D eigenvalue weighted by Crippen LogP contribution is 2.29. The molecule has 0 radical (unpaired) electrons. The fourth-order valence-electron chi connectivity index (χ4n) is 2.23. The molecule has 15 heavy (non-hydrogen) atoms. The summed E-state index contributed by atoms with van der Waals surface area (Å²) in [6.45, 7) is 2.02. The zero-order valence-corrected chi connectivity index (χ0v) is 9.33. The summed E-state index contributed by atoms with van der Waals surface area (Å²) < 4.78 is 1.98. The van der Waals surface area contributed by atoms with Gasteiger partial charge in [-0.3, -0.25) is 10.00 Å². The van der Waals surface area contributed by atoms with Crippen molar-refractivity contribution in [3.05, 3.63) is 17.5 Å². The maximum Gasteiger partial charge on any atom is 0.0663 e. The smallest absolute Gasteiger partial charge is 0.0663 e. The second kappa shape index (κ2) is 4.08. The monoisotopic (exact) mass is 203 g/mol. The highest BCUT2D eigenvalue weighted by molar-refractivity contribution is 5.25. The van der Waals surface area contributed by atoms with E-state index in [-0.39, 0.29) is 6.04 Å². The van der Waals surface area contributed by atoms with Crippen LogP contribution in [0.2, 0.25) is 0 Å². The molecule has 1 aromatic rings. The molecule has 0 amide bonds. The van der Waals surface area contributed by atoms with Crippen molar-refractivity contribution in [2.45, 2.75) is 38.3 Å². The van der Waals surface area contributed by atoms with Crippen LogP contribution >= 0.6 is 0 Å². The van der Waals surface area contributed by atoms with E-state index < -0.39 is 0 Å². The summed E-state index contributed by atoms with van der Waals surface area (Å²) in [6, 6.07) is 0.509. The Balaban J connectivity index is 2.20. The topological polar surface area (TPSA) is 29.9 Å². The van der Waals surface area contributed by atoms with Gasteiger partial charge < -0.3 is 0 Å². The number of hydrogen-bond donors (Lipinski definition) is 1. The Bertz CT molecular complexity index is 386. The number of aryl methyl sites for hydroxylation is 1. The fraction of sp³-hybridized carbons (Fsp3) is 0.583. The highest BCUT2D eigenvalue weighted by Gasteiger charge is 2.23. The number of aromatic nitrogens is 2. The molecule has 3 heteroatoms. The minimum atomic E-state index is 0.126. The van der Waals surface area contributed by atoms with Crippen molar-refractivity contribution in [2.75, 3.05) is 0 Å².